The van der Waals surface area contributed by atoms with Crippen molar-refractivity contribution in [2.45, 2.75) is 17.6 Å². The van der Waals surface area contributed by atoms with Crippen molar-refractivity contribution in [2.24, 2.45) is 0 Å². The van der Waals surface area contributed by atoms with E-state index in [9.17, 15) is 13.2 Å². The number of halogens is 1. The van der Waals surface area contributed by atoms with Gasteiger partial charge in [-0.05, 0) is 37.4 Å². The number of anilines is 1. The second-order valence-electron chi connectivity index (χ2n) is 5.08. The summed E-state index contributed by atoms with van der Waals surface area (Å²) in [6, 6.07) is 1.88. The van der Waals surface area contributed by atoms with Crippen molar-refractivity contribution in [3.8, 4) is 0 Å². The maximum atomic E-state index is 12.6. The van der Waals surface area contributed by atoms with Crippen LogP contribution in [0, 0.1) is 0 Å². The zero-order valence-corrected chi connectivity index (χ0v) is 15.1. The summed E-state index contributed by atoms with van der Waals surface area (Å²) in [5, 5.41) is 8.19. The van der Waals surface area contributed by atoms with Gasteiger partial charge in [0.05, 0.1) is 5.52 Å². The molecule has 2 N–H and O–H groups in total. The molecule has 1 amide bonds. The average molecular weight is 382 g/mol. The van der Waals surface area contributed by atoms with Gasteiger partial charge in [0, 0.05) is 6.26 Å². The van der Waals surface area contributed by atoms with E-state index in [0.717, 1.165) is 15.8 Å². The number of nitrogens with one attached hydrogen (secondary N) is 2. The van der Waals surface area contributed by atoms with Crippen molar-refractivity contribution in [1.82, 2.24) is 10.3 Å². The van der Waals surface area contributed by atoms with Crippen LogP contribution in [-0.4, -0.2) is 43.4 Å². The summed E-state index contributed by atoms with van der Waals surface area (Å²) < 4.78 is 24.0. The van der Waals surface area contributed by atoms with Gasteiger partial charge < -0.3 is 10.6 Å². The number of rotatable bonds is 3. The van der Waals surface area contributed by atoms with Crippen molar-refractivity contribution >= 4 is 65.5 Å². The van der Waals surface area contributed by atoms with Gasteiger partial charge in [-0.1, -0.05) is 11.3 Å². The fourth-order valence-electron chi connectivity index (χ4n) is 2.53. The fraction of sp³-hybridized carbons (Fsp3) is 0.500. The Morgan fingerprint density at radius 1 is 1.41 bits per heavy atom. The van der Waals surface area contributed by atoms with E-state index in [2.05, 4.69) is 15.6 Å². The van der Waals surface area contributed by atoms with Crippen molar-refractivity contribution in [2.75, 3.05) is 24.7 Å². The minimum Gasteiger partial charge on any atom is -0.317 e. The summed E-state index contributed by atoms with van der Waals surface area (Å²) in [7, 11) is -3.50. The van der Waals surface area contributed by atoms with E-state index in [1.807, 2.05) is 11.4 Å². The zero-order chi connectivity index (χ0) is 15.1. The molecular weight excluding hydrogens is 366 g/mol. The molecule has 1 aliphatic heterocycles. The van der Waals surface area contributed by atoms with E-state index in [1.165, 1.54) is 11.3 Å². The molecule has 122 valence electrons. The van der Waals surface area contributed by atoms with Crippen molar-refractivity contribution < 1.29 is 13.2 Å². The smallest absolute Gasteiger partial charge is 0.247 e. The first kappa shape index (κ1) is 17.6. The molecule has 0 saturated carbocycles. The number of fused-ring (bicyclic) bond motifs is 1. The van der Waals surface area contributed by atoms with Gasteiger partial charge in [-0.2, -0.15) is 0 Å². The number of aromatic nitrogens is 1. The Bertz CT molecular complexity index is 749. The van der Waals surface area contributed by atoms with Gasteiger partial charge in [-0.25, -0.2) is 13.4 Å². The summed E-state index contributed by atoms with van der Waals surface area (Å²) in [6.07, 6.45) is 1.72. The van der Waals surface area contributed by atoms with E-state index < -0.39 is 20.5 Å². The van der Waals surface area contributed by atoms with Gasteiger partial charge in [0.15, 0.2) is 19.7 Å². The summed E-state index contributed by atoms with van der Waals surface area (Å²) in [6.45, 7) is 1.04. The Hall–Kier alpha value is -0.740. The molecule has 2 aromatic heterocycles. The van der Waals surface area contributed by atoms with E-state index in [0.29, 0.717) is 18.2 Å². The van der Waals surface area contributed by atoms with E-state index >= 15 is 0 Å². The lowest BCUT2D eigenvalue weighted by molar-refractivity contribution is -0.119. The SMILES string of the molecule is CS(=O)(=O)C1(C(=O)Nc2nc3ccsc3s2)CCNCC1.Cl. The molecule has 1 saturated heterocycles. The average Bonchev–Trinajstić information content (AvgIpc) is 2.99. The summed E-state index contributed by atoms with van der Waals surface area (Å²) >= 11 is 2.92. The molecule has 22 heavy (non-hydrogen) atoms. The van der Waals surface area contributed by atoms with Gasteiger partial charge in [-0.15, -0.1) is 23.7 Å². The molecule has 3 rings (SSSR count). The fourth-order valence-corrected chi connectivity index (χ4v) is 5.70. The molecular formula is C12H16ClN3O3S3. The lowest BCUT2D eigenvalue weighted by Crippen LogP contribution is -2.55. The summed E-state index contributed by atoms with van der Waals surface area (Å²) in [5.74, 6) is -0.465. The van der Waals surface area contributed by atoms with Crippen LogP contribution >= 0.6 is 35.1 Å². The predicted molar refractivity (Wildman–Crippen MR) is 93.1 cm³/mol. The van der Waals surface area contributed by atoms with Crippen LogP contribution in [0.15, 0.2) is 11.4 Å². The number of carbonyl (C=O) groups is 1. The second-order valence-corrected chi connectivity index (χ2v) is 9.58. The largest absolute Gasteiger partial charge is 0.317 e. The quantitative estimate of drug-likeness (QED) is 0.847. The molecule has 0 aromatic carbocycles. The standard InChI is InChI=1S/C12H15N3O3S3.ClH/c1-21(17,18)12(3-5-13-6-4-12)10(16)15-11-14-8-2-7-19-9(8)20-11;/h2,7,13H,3-6H2,1H3,(H,14,15,16);1H. The number of thiazole rings is 1. The van der Waals surface area contributed by atoms with E-state index in [-0.39, 0.29) is 25.2 Å². The van der Waals surface area contributed by atoms with Gasteiger partial charge in [0.1, 0.15) is 4.01 Å². The first-order chi connectivity index (χ1) is 9.92. The number of sulfone groups is 1. The Kier molecular flexibility index (Phi) is 5.13. The molecule has 0 bridgehead atoms. The summed E-state index contributed by atoms with van der Waals surface area (Å²) in [4.78, 5) is 16.9. The van der Waals surface area contributed by atoms with Crippen molar-refractivity contribution in [3.05, 3.63) is 11.4 Å². The Morgan fingerprint density at radius 2 is 2.09 bits per heavy atom. The lowest BCUT2D eigenvalue weighted by atomic mass is 9.96. The van der Waals surface area contributed by atoms with Crippen LogP contribution in [0.3, 0.4) is 0 Å². The van der Waals surface area contributed by atoms with Crippen LogP contribution < -0.4 is 10.6 Å². The minimum absolute atomic E-state index is 0. The molecule has 2 aromatic rings. The van der Waals surface area contributed by atoms with Gasteiger partial charge in [-0.3, -0.25) is 4.79 Å². The zero-order valence-electron chi connectivity index (χ0n) is 11.8. The van der Waals surface area contributed by atoms with Crippen molar-refractivity contribution in [1.29, 1.82) is 0 Å². The first-order valence-corrected chi connectivity index (χ1v) is 10.1. The van der Waals surface area contributed by atoms with Gasteiger partial charge >= 0.3 is 0 Å². The first-order valence-electron chi connectivity index (χ1n) is 6.48. The maximum absolute atomic E-state index is 12.6. The number of hydrogen-bond donors (Lipinski definition) is 2. The Morgan fingerprint density at radius 3 is 2.68 bits per heavy atom. The second kappa shape index (κ2) is 6.40. The number of hydrogen-bond acceptors (Lipinski definition) is 7. The summed E-state index contributed by atoms with van der Waals surface area (Å²) in [5.41, 5.74) is 0.832. The van der Waals surface area contributed by atoms with Crippen LogP contribution in [0.25, 0.3) is 9.53 Å². The number of piperidine rings is 1. The molecule has 0 aliphatic carbocycles. The van der Waals surface area contributed by atoms with Crippen LogP contribution in [0.1, 0.15) is 12.8 Å². The highest BCUT2D eigenvalue weighted by atomic mass is 35.5. The van der Waals surface area contributed by atoms with Crippen LogP contribution in [0.2, 0.25) is 0 Å². The van der Waals surface area contributed by atoms with Crippen LogP contribution in [0.5, 0.6) is 0 Å². The highest BCUT2D eigenvalue weighted by molar-refractivity contribution is 7.92. The third kappa shape index (κ3) is 3.00. The number of carbonyl (C=O) groups excluding carboxylic acids is 1. The molecule has 3 heterocycles. The molecule has 10 heteroatoms. The molecule has 0 radical (unpaired) electrons. The molecule has 0 unspecified atom stereocenters. The number of thiophene rings is 1. The lowest BCUT2D eigenvalue weighted by Gasteiger charge is -2.33. The predicted octanol–water partition coefficient (Wildman–Crippen LogP) is 1.88. The minimum atomic E-state index is -3.50. The normalized spacial score (nSPS) is 17.9. The number of nitrogens with zero attached hydrogens (tertiary/aromatic N) is 1. The maximum Gasteiger partial charge on any atom is 0.247 e. The monoisotopic (exact) mass is 381 g/mol. The van der Waals surface area contributed by atoms with Crippen LogP contribution in [-0.2, 0) is 14.6 Å². The molecule has 1 aliphatic rings. The van der Waals surface area contributed by atoms with Crippen LogP contribution in [0.4, 0.5) is 5.13 Å². The number of amides is 1. The molecule has 0 atom stereocenters. The Balaban J connectivity index is 0.00000176. The molecule has 1 fully saturated rings. The van der Waals surface area contributed by atoms with Gasteiger partial charge in [0.25, 0.3) is 0 Å². The van der Waals surface area contributed by atoms with E-state index in [1.54, 1.807) is 11.3 Å². The highest BCUT2D eigenvalue weighted by Crippen LogP contribution is 2.33. The van der Waals surface area contributed by atoms with Crippen molar-refractivity contribution in [3.63, 3.8) is 0 Å². The van der Waals surface area contributed by atoms with Gasteiger partial charge in [0.2, 0.25) is 5.91 Å². The molecule has 0 spiro atoms. The van der Waals surface area contributed by atoms with E-state index in [4.69, 9.17) is 0 Å². The highest BCUT2D eigenvalue weighted by Gasteiger charge is 2.48. The third-order valence-corrected chi connectivity index (χ3v) is 7.81. The molecule has 6 nitrogen and oxygen atoms in total. The third-order valence-electron chi connectivity index (χ3n) is 3.78. The topological polar surface area (TPSA) is 88.2 Å². The Labute approximate surface area is 142 Å².